The maximum Gasteiger partial charge on any atom is 0.241 e. The zero-order valence-electron chi connectivity index (χ0n) is 13.7. The minimum absolute atomic E-state index is 0.00563. The number of ether oxygens (including phenoxy) is 1. The number of piperidine rings is 1. The fourth-order valence-corrected chi connectivity index (χ4v) is 3.95. The standard InChI is InChI=1S/C16H27N3O3/c1-17(2)15(20)11-18-6-3-12-9-19(10-14(12)16(18)21)13-4-7-22-8-5-13/h12-14H,3-11H2,1-2H3/t12-,14-/m1/s1. The Labute approximate surface area is 132 Å². The molecule has 6 nitrogen and oxygen atoms in total. The number of nitrogens with zero attached hydrogens (tertiary/aromatic N) is 3. The highest BCUT2D eigenvalue weighted by Gasteiger charge is 2.44. The summed E-state index contributed by atoms with van der Waals surface area (Å²) in [4.78, 5) is 30.4. The molecule has 0 bridgehead atoms. The normalized spacial score (nSPS) is 30.5. The minimum atomic E-state index is 0.00563. The molecule has 0 aromatic rings. The molecule has 0 radical (unpaired) electrons. The predicted octanol–water partition coefficient (Wildman–Crippen LogP) is 0.0339. The number of fused-ring (bicyclic) bond motifs is 1. The zero-order chi connectivity index (χ0) is 15.7. The van der Waals surface area contributed by atoms with Crippen LogP contribution >= 0.6 is 0 Å². The molecule has 3 heterocycles. The molecular weight excluding hydrogens is 282 g/mol. The van der Waals surface area contributed by atoms with Crippen molar-refractivity contribution in [2.45, 2.75) is 25.3 Å². The summed E-state index contributed by atoms with van der Waals surface area (Å²) in [6.45, 7) is 4.53. The van der Waals surface area contributed by atoms with Gasteiger partial charge in [-0.05, 0) is 25.2 Å². The van der Waals surface area contributed by atoms with Gasteiger partial charge in [-0.3, -0.25) is 14.5 Å². The first-order valence-corrected chi connectivity index (χ1v) is 8.37. The maximum absolute atomic E-state index is 12.7. The third-order valence-corrected chi connectivity index (χ3v) is 5.40. The number of hydrogen-bond donors (Lipinski definition) is 0. The van der Waals surface area contributed by atoms with Gasteiger partial charge in [0, 0.05) is 53.0 Å². The molecule has 3 aliphatic heterocycles. The summed E-state index contributed by atoms with van der Waals surface area (Å²) in [5.41, 5.74) is 0. The second-order valence-corrected chi connectivity index (χ2v) is 7.00. The monoisotopic (exact) mass is 309 g/mol. The van der Waals surface area contributed by atoms with Crippen molar-refractivity contribution in [1.82, 2.24) is 14.7 Å². The Bertz CT molecular complexity index is 434. The van der Waals surface area contributed by atoms with Crippen LogP contribution in [0.25, 0.3) is 0 Å². The van der Waals surface area contributed by atoms with Gasteiger partial charge < -0.3 is 14.5 Å². The first kappa shape index (κ1) is 15.7. The molecule has 3 aliphatic rings. The van der Waals surface area contributed by atoms with Gasteiger partial charge in [-0.1, -0.05) is 0 Å². The lowest BCUT2D eigenvalue weighted by atomic mass is 9.88. The summed E-state index contributed by atoms with van der Waals surface area (Å²) in [6.07, 6.45) is 3.18. The van der Waals surface area contributed by atoms with E-state index >= 15 is 0 Å². The highest BCUT2D eigenvalue weighted by Crippen LogP contribution is 2.34. The second kappa shape index (κ2) is 6.54. The third kappa shape index (κ3) is 3.13. The third-order valence-electron chi connectivity index (χ3n) is 5.40. The van der Waals surface area contributed by atoms with Crippen LogP contribution in [0.1, 0.15) is 19.3 Å². The van der Waals surface area contributed by atoms with E-state index in [0.29, 0.717) is 12.0 Å². The second-order valence-electron chi connectivity index (χ2n) is 7.00. The quantitative estimate of drug-likeness (QED) is 0.738. The predicted molar refractivity (Wildman–Crippen MR) is 82.3 cm³/mol. The highest BCUT2D eigenvalue weighted by molar-refractivity contribution is 5.86. The van der Waals surface area contributed by atoms with Crippen LogP contribution in [0.4, 0.5) is 0 Å². The van der Waals surface area contributed by atoms with Crippen molar-refractivity contribution in [2.24, 2.45) is 11.8 Å². The van der Waals surface area contributed by atoms with Gasteiger partial charge in [0.1, 0.15) is 0 Å². The van der Waals surface area contributed by atoms with E-state index in [1.807, 2.05) is 0 Å². The van der Waals surface area contributed by atoms with E-state index < -0.39 is 0 Å². The van der Waals surface area contributed by atoms with Gasteiger partial charge in [0.2, 0.25) is 11.8 Å². The number of likely N-dealkylation sites (N-methyl/N-ethyl adjacent to an activating group) is 1. The number of amides is 2. The smallest absolute Gasteiger partial charge is 0.241 e. The average molecular weight is 309 g/mol. The van der Waals surface area contributed by atoms with Gasteiger partial charge >= 0.3 is 0 Å². The Morgan fingerprint density at radius 2 is 1.95 bits per heavy atom. The van der Waals surface area contributed by atoms with Crippen LogP contribution in [0.3, 0.4) is 0 Å². The molecule has 124 valence electrons. The Kier molecular flexibility index (Phi) is 4.68. The maximum atomic E-state index is 12.7. The van der Waals surface area contributed by atoms with Crippen LogP contribution < -0.4 is 0 Å². The van der Waals surface area contributed by atoms with E-state index in [4.69, 9.17) is 4.74 Å². The largest absolute Gasteiger partial charge is 0.381 e. The van der Waals surface area contributed by atoms with Crippen molar-refractivity contribution < 1.29 is 14.3 Å². The molecule has 0 spiro atoms. The topological polar surface area (TPSA) is 53.1 Å². The van der Waals surface area contributed by atoms with Crippen LogP contribution in [-0.4, -0.2) is 86.0 Å². The minimum Gasteiger partial charge on any atom is -0.381 e. The Morgan fingerprint density at radius 1 is 1.23 bits per heavy atom. The van der Waals surface area contributed by atoms with Gasteiger partial charge in [-0.2, -0.15) is 0 Å². The number of likely N-dealkylation sites (tertiary alicyclic amines) is 2. The number of hydrogen-bond acceptors (Lipinski definition) is 4. The Hall–Kier alpha value is -1.14. The summed E-state index contributed by atoms with van der Waals surface area (Å²) in [7, 11) is 3.48. The molecule has 3 saturated heterocycles. The molecule has 3 rings (SSSR count). The summed E-state index contributed by atoms with van der Waals surface area (Å²) < 4.78 is 5.44. The Balaban J connectivity index is 1.59. The lowest BCUT2D eigenvalue weighted by molar-refractivity contribution is -0.145. The molecule has 0 aromatic carbocycles. The van der Waals surface area contributed by atoms with Gasteiger partial charge in [-0.15, -0.1) is 0 Å². The van der Waals surface area contributed by atoms with Crippen LogP contribution in [0.5, 0.6) is 0 Å². The van der Waals surface area contributed by atoms with Gasteiger partial charge in [0.05, 0.1) is 12.5 Å². The van der Waals surface area contributed by atoms with Gasteiger partial charge in [0.15, 0.2) is 0 Å². The van der Waals surface area contributed by atoms with Crippen LogP contribution in [0.2, 0.25) is 0 Å². The SMILES string of the molecule is CN(C)C(=O)CN1CC[C@@H]2CN(C3CCOCC3)C[C@H]2C1=O. The van der Waals surface area contributed by atoms with E-state index in [1.54, 1.807) is 23.9 Å². The highest BCUT2D eigenvalue weighted by atomic mass is 16.5. The lowest BCUT2D eigenvalue weighted by Crippen LogP contribution is -2.49. The lowest BCUT2D eigenvalue weighted by Gasteiger charge is -2.34. The summed E-state index contributed by atoms with van der Waals surface area (Å²) in [6, 6.07) is 0.573. The first-order chi connectivity index (χ1) is 10.6. The van der Waals surface area contributed by atoms with Crippen molar-refractivity contribution in [1.29, 1.82) is 0 Å². The van der Waals surface area contributed by atoms with Crippen molar-refractivity contribution in [3.8, 4) is 0 Å². The zero-order valence-corrected chi connectivity index (χ0v) is 13.7. The average Bonchev–Trinajstić information content (AvgIpc) is 2.96. The van der Waals surface area contributed by atoms with Crippen molar-refractivity contribution >= 4 is 11.8 Å². The molecule has 22 heavy (non-hydrogen) atoms. The van der Waals surface area contributed by atoms with E-state index in [-0.39, 0.29) is 24.3 Å². The van der Waals surface area contributed by atoms with Crippen molar-refractivity contribution in [2.75, 3.05) is 53.5 Å². The number of carbonyl (C=O) groups excluding carboxylic acids is 2. The van der Waals surface area contributed by atoms with E-state index in [9.17, 15) is 9.59 Å². The molecule has 2 atom stereocenters. The molecule has 3 fully saturated rings. The molecule has 0 aromatic heterocycles. The van der Waals surface area contributed by atoms with E-state index in [0.717, 1.165) is 52.1 Å². The number of carbonyl (C=O) groups is 2. The molecule has 0 aliphatic carbocycles. The molecule has 0 N–H and O–H groups in total. The van der Waals surface area contributed by atoms with E-state index in [2.05, 4.69) is 4.90 Å². The fourth-order valence-electron chi connectivity index (χ4n) is 3.95. The Morgan fingerprint density at radius 3 is 2.64 bits per heavy atom. The van der Waals surface area contributed by atoms with Crippen LogP contribution in [0.15, 0.2) is 0 Å². The number of rotatable bonds is 3. The van der Waals surface area contributed by atoms with Gasteiger partial charge in [-0.25, -0.2) is 0 Å². The fraction of sp³-hybridized carbons (Fsp3) is 0.875. The summed E-state index contributed by atoms with van der Waals surface area (Å²) >= 11 is 0. The molecule has 2 amide bonds. The van der Waals surface area contributed by atoms with Crippen LogP contribution in [-0.2, 0) is 14.3 Å². The van der Waals surface area contributed by atoms with Gasteiger partial charge in [0.25, 0.3) is 0 Å². The molecule has 6 heteroatoms. The summed E-state index contributed by atoms with van der Waals surface area (Å²) in [5, 5.41) is 0. The van der Waals surface area contributed by atoms with E-state index in [1.165, 1.54) is 0 Å². The van der Waals surface area contributed by atoms with Crippen molar-refractivity contribution in [3.05, 3.63) is 0 Å². The summed E-state index contributed by atoms with van der Waals surface area (Å²) in [5.74, 6) is 0.750. The molecule has 0 saturated carbocycles. The molecule has 0 unspecified atom stereocenters. The van der Waals surface area contributed by atoms with Crippen LogP contribution in [0, 0.1) is 11.8 Å². The first-order valence-electron chi connectivity index (χ1n) is 8.37. The van der Waals surface area contributed by atoms with Crippen molar-refractivity contribution in [3.63, 3.8) is 0 Å². The molecular formula is C16H27N3O3.